The van der Waals surface area contributed by atoms with Crippen LogP contribution in [-0.2, 0) is 4.79 Å². The normalized spacial score (nSPS) is 13.6. The molecule has 4 nitrogen and oxygen atoms in total. The predicted octanol–water partition coefficient (Wildman–Crippen LogP) is 1.79. The molecule has 0 fully saturated rings. The molecular formula is C13H28N2O2. The van der Waals surface area contributed by atoms with Gasteiger partial charge in [-0.1, -0.05) is 27.7 Å². The van der Waals surface area contributed by atoms with Crippen molar-refractivity contribution in [1.29, 1.82) is 0 Å². The van der Waals surface area contributed by atoms with Gasteiger partial charge in [0.05, 0.1) is 0 Å². The van der Waals surface area contributed by atoms with E-state index >= 15 is 0 Å². The van der Waals surface area contributed by atoms with E-state index < -0.39 is 5.97 Å². The van der Waals surface area contributed by atoms with Gasteiger partial charge in [0.1, 0.15) is 6.04 Å². The van der Waals surface area contributed by atoms with E-state index in [9.17, 15) is 9.90 Å². The first-order valence-corrected chi connectivity index (χ1v) is 6.55. The van der Waals surface area contributed by atoms with Crippen molar-refractivity contribution in [3.05, 3.63) is 0 Å². The lowest BCUT2D eigenvalue weighted by molar-refractivity contribution is -0.144. The smallest absolute Gasteiger partial charge is 0.320 e. The van der Waals surface area contributed by atoms with E-state index in [1.807, 2.05) is 0 Å². The van der Waals surface area contributed by atoms with Crippen LogP contribution in [0.4, 0.5) is 0 Å². The van der Waals surface area contributed by atoms with Gasteiger partial charge < -0.3 is 10.8 Å². The third kappa shape index (κ3) is 7.34. The lowest BCUT2D eigenvalue weighted by atomic mass is 10.0. The second-order valence-corrected chi connectivity index (χ2v) is 5.53. The molecule has 0 unspecified atom stereocenters. The number of carboxylic acids is 1. The molecule has 1 atom stereocenters. The summed E-state index contributed by atoms with van der Waals surface area (Å²) in [7, 11) is 0. The summed E-state index contributed by atoms with van der Waals surface area (Å²) in [6, 6.07) is -0.386. The van der Waals surface area contributed by atoms with Crippen LogP contribution in [0.2, 0.25) is 0 Å². The SMILES string of the molecule is CC(C)CN(CC(C)C)[C@@H](CCCN)C(=O)O. The fourth-order valence-electron chi connectivity index (χ4n) is 2.04. The Morgan fingerprint density at radius 1 is 1.18 bits per heavy atom. The van der Waals surface area contributed by atoms with Crippen molar-refractivity contribution in [2.24, 2.45) is 17.6 Å². The minimum absolute atomic E-state index is 0.386. The van der Waals surface area contributed by atoms with Crippen LogP contribution in [0, 0.1) is 11.8 Å². The molecule has 102 valence electrons. The van der Waals surface area contributed by atoms with Crippen LogP contribution in [0.1, 0.15) is 40.5 Å². The fourth-order valence-corrected chi connectivity index (χ4v) is 2.04. The summed E-state index contributed by atoms with van der Waals surface area (Å²) < 4.78 is 0. The molecule has 0 rings (SSSR count). The van der Waals surface area contributed by atoms with Crippen LogP contribution in [0.3, 0.4) is 0 Å². The lowest BCUT2D eigenvalue weighted by Gasteiger charge is -2.31. The lowest BCUT2D eigenvalue weighted by Crippen LogP contribution is -2.45. The zero-order chi connectivity index (χ0) is 13.4. The number of aliphatic carboxylic acids is 1. The van der Waals surface area contributed by atoms with E-state index in [2.05, 4.69) is 32.6 Å². The topological polar surface area (TPSA) is 66.6 Å². The average Bonchev–Trinajstić information content (AvgIpc) is 2.15. The first kappa shape index (κ1) is 16.4. The molecule has 4 heteroatoms. The standard InChI is InChI=1S/C13H28N2O2/c1-10(2)8-15(9-11(3)4)12(13(16)17)6-5-7-14/h10-12H,5-9,14H2,1-4H3,(H,16,17)/t12-/m0/s1. The summed E-state index contributed by atoms with van der Waals surface area (Å²) in [5.41, 5.74) is 5.47. The Bertz CT molecular complexity index is 207. The van der Waals surface area contributed by atoms with E-state index in [0.29, 0.717) is 24.8 Å². The highest BCUT2D eigenvalue weighted by Crippen LogP contribution is 2.13. The summed E-state index contributed by atoms with van der Waals surface area (Å²) in [5, 5.41) is 9.31. The van der Waals surface area contributed by atoms with Gasteiger partial charge in [-0.25, -0.2) is 0 Å². The van der Waals surface area contributed by atoms with Crippen LogP contribution >= 0.6 is 0 Å². The van der Waals surface area contributed by atoms with E-state index in [1.54, 1.807) is 0 Å². The van der Waals surface area contributed by atoms with Crippen LogP contribution in [0.5, 0.6) is 0 Å². The number of nitrogens with zero attached hydrogens (tertiary/aromatic N) is 1. The van der Waals surface area contributed by atoms with E-state index in [4.69, 9.17) is 5.73 Å². The maximum absolute atomic E-state index is 11.3. The molecule has 0 spiro atoms. The molecule has 0 heterocycles. The van der Waals surface area contributed by atoms with E-state index in [1.165, 1.54) is 0 Å². The molecule has 0 aromatic rings. The summed E-state index contributed by atoms with van der Waals surface area (Å²) in [4.78, 5) is 13.4. The van der Waals surface area contributed by atoms with Crippen LogP contribution < -0.4 is 5.73 Å². The molecule has 0 aliphatic carbocycles. The number of nitrogens with two attached hydrogens (primary N) is 1. The maximum Gasteiger partial charge on any atom is 0.320 e. The first-order valence-electron chi connectivity index (χ1n) is 6.55. The monoisotopic (exact) mass is 244 g/mol. The molecule has 17 heavy (non-hydrogen) atoms. The number of hydrogen-bond acceptors (Lipinski definition) is 3. The molecule has 0 saturated carbocycles. The van der Waals surface area contributed by atoms with Gasteiger partial charge >= 0.3 is 5.97 Å². The molecule has 3 N–H and O–H groups in total. The van der Waals surface area contributed by atoms with E-state index in [0.717, 1.165) is 19.5 Å². The third-order valence-electron chi connectivity index (χ3n) is 2.61. The van der Waals surface area contributed by atoms with Crippen molar-refractivity contribution >= 4 is 5.97 Å². The second kappa shape index (κ2) is 8.48. The highest BCUT2D eigenvalue weighted by molar-refractivity contribution is 5.73. The largest absolute Gasteiger partial charge is 0.480 e. The summed E-state index contributed by atoms with van der Waals surface area (Å²) >= 11 is 0. The van der Waals surface area contributed by atoms with Gasteiger partial charge in [-0.05, 0) is 31.2 Å². The molecular weight excluding hydrogens is 216 g/mol. The predicted molar refractivity (Wildman–Crippen MR) is 71.0 cm³/mol. The molecule has 0 aromatic heterocycles. The molecule has 0 aliphatic rings. The van der Waals surface area contributed by atoms with Crippen molar-refractivity contribution in [3.8, 4) is 0 Å². The Morgan fingerprint density at radius 2 is 1.65 bits per heavy atom. The first-order chi connectivity index (χ1) is 7.88. The Hall–Kier alpha value is -0.610. The maximum atomic E-state index is 11.3. The number of carboxylic acid groups (broad SMARTS) is 1. The van der Waals surface area contributed by atoms with Crippen molar-refractivity contribution < 1.29 is 9.90 Å². The van der Waals surface area contributed by atoms with Crippen LogP contribution in [-0.4, -0.2) is 41.7 Å². The van der Waals surface area contributed by atoms with Gasteiger partial charge in [-0.2, -0.15) is 0 Å². The molecule has 0 aromatic carbocycles. The second-order valence-electron chi connectivity index (χ2n) is 5.53. The van der Waals surface area contributed by atoms with Gasteiger partial charge in [-0.15, -0.1) is 0 Å². The van der Waals surface area contributed by atoms with E-state index in [-0.39, 0.29) is 6.04 Å². The number of rotatable bonds is 9. The Morgan fingerprint density at radius 3 is 1.94 bits per heavy atom. The fraction of sp³-hybridized carbons (Fsp3) is 0.923. The minimum Gasteiger partial charge on any atom is -0.480 e. The summed E-state index contributed by atoms with van der Waals surface area (Å²) in [6.45, 7) is 10.7. The van der Waals surface area contributed by atoms with Crippen molar-refractivity contribution in [1.82, 2.24) is 4.90 Å². The number of carbonyl (C=O) groups is 1. The van der Waals surface area contributed by atoms with Crippen LogP contribution in [0.25, 0.3) is 0 Å². The Labute approximate surface area is 105 Å². The zero-order valence-electron chi connectivity index (χ0n) is 11.6. The van der Waals surface area contributed by atoms with Crippen molar-refractivity contribution in [3.63, 3.8) is 0 Å². The molecule has 0 aliphatic heterocycles. The van der Waals surface area contributed by atoms with Crippen LogP contribution in [0.15, 0.2) is 0 Å². The number of hydrogen-bond donors (Lipinski definition) is 2. The summed E-state index contributed by atoms with van der Waals surface area (Å²) in [6.07, 6.45) is 1.41. The Kier molecular flexibility index (Phi) is 8.17. The highest BCUT2D eigenvalue weighted by atomic mass is 16.4. The van der Waals surface area contributed by atoms with Gasteiger partial charge in [0.15, 0.2) is 0 Å². The summed E-state index contributed by atoms with van der Waals surface area (Å²) in [5.74, 6) is 0.238. The highest BCUT2D eigenvalue weighted by Gasteiger charge is 2.25. The van der Waals surface area contributed by atoms with Crippen molar-refractivity contribution in [2.75, 3.05) is 19.6 Å². The molecule has 0 radical (unpaired) electrons. The minimum atomic E-state index is -0.722. The van der Waals surface area contributed by atoms with Gasteiger partial charge in [-0.3, -0.25) is 9.69 Å². The van der Waals surface area contributed by atoms with Gasteiger partial charge in [0, 0.05) is 13.1 Å². The molecule has 0 bridgehead atoms. The quantitative estimate of drug-likeness (QED) is 0.649. The Balaban J connectivity index is 4.60. The molecule has 0 saturated heterocycles. The molecule has 0 amide bonds. The average molecular weight is 244 g/mol. The third-order valence-corrected chi connectivity index (χ3v) is 2.61. The van der Waals surface area contributed by atoms with Gasteiger partial charge in [0.25, 0.3) is 0 Å². The van der Waals surface area contributed by atoms with Gasteiger partial charge in [0.2, 0.25) is 0 Å². The zero-order valence-corrected chi connectivity index (χ0v) is 11.6. The van der Waals surface area contributed by atoms with Crippen molar-refractivity contribution in [2.45, 2.75) is 46.6 Å².